The fraction of sp³-hybridized carbons (Fsp3) is 0.833. The lowest BCUT2D eigenvalue weighted by Gasteiger charge is -2.34. The number of ether oxygens (including phenoxy) is 1. The van der Waals surface area contributed by atoms with Crippen LogP contribution in [0.3, 0.4) is 0 Å². The van der Waals surface area contributed by atoms with E-state index in [-0.39, 0.29) is 31.4 Å². The lowest BCUT2D eigenvalue weighted by molar-refractivity contribution is 0.0166. The summed E-state index contributed by atoms with van der Waals surface area (Å²) in [6.07, 6.45) is 4.63. The van der Waals surface area contributed by atoms with E-state index in [0.29, 0.717) is 13.2 Å². The molecule has 108 valence electrons. The summed E-state index contributed by atoms with van der Waals surface area (Å²) < 4.78 is 5.11. The Morgan fingerprint density at radius 3 is 2.28 bits per heavy atom. The van der Waals surface area contributed by atoms with Gasteiger partial charge in [-0.1, -0.05) is 12.8 Å². The van der Waals surface area contributed by atoms with E-state index < -0.39 is 6.10 Å². The van der Waals surface area contributed by atoms with Crippen molar-refractivity contribution in [2.75, 3.05) is 52.5 Å². The van der Waals surface area contributed by atoms with Crippen LogP contribution >= 0.6 is 24.8 Å². The Bertz CT molecular complexity index is 229. The molecule has 1 saturated heterocycles. The van der Waals surface area contributed by atoms with Crippen LogP contribution in [0.25, 0.3) is 0 Å². The molecule has 0 aromatic rings. The zero-order valence-electron chi connectivity index (χ0n) is 10.9. The summed E-state index contributed by atoms with van der Waals surface area (Å²) in [5.41, 5.74) is 0. The van der Waals surface area contributed by atoms with Gasteiger partial charge in [-0.05, 0) is 6.54 Å². The van der Waals surface area contributed by atoms with E-state index in [9.17, 15) is 5.11 Å². The number of piperazine rings is 1. The van der Waals surface area contributed by atoms with Gasteiger partial charge < -0.3 is 14.7 Å². The van der Waals surface area contributed by atoms with Gasteiger partial charge in [-0.2, -0.15) is 0 Å². The molecule has 1 aliphatic heterocycles. The lowest BCUT2D eigenvalue weighted by Crippen LogP contribution is -2.48. The zero-order chi connectivity index (χ0) is 11.8. The predicted molar refractivity (Wildman–Crippen MR) is 78.7 cm³/mol. The summed E-state index contributed by atoms with van der Waals surface area (Å²) in [5, 5.41) is 9.70. The quantitative estimate of drug-likeness (QED) is 0.572. The van der Waals surface area contributed by atoms with Gasteiger partial charge in [-0.3, -0.25) is 4.90 Å². The molecule has 0 amide bonds. The molecule has 0 saturated carbocycles. The van der Waals surface area contributed by atoms with Gasteiger partial charge in [-0.15, -0.1) is 31.2 Å². The molecule has 1 rings (SSSR count). The predicted octanol–water partition coefficient (Wildman–Crippen LogP) is 0.478. The van der Waals surface area contributed by atoms with Gasteiger partial charge in [-0.25, -0.2) is 0 Å². The second kappa shape index (κ2) is 12.0. The Morgan fingerprint density at radius 1 is 1.22 bits per heavy atom. The number of β-amino-alcohol motifs (C(OH)–C–C–N with tert-alkyl or cyclic N) is 1. The summed E-state index contributed by atoms with van der Waals surface area (Å²) in [5.74, 6) is 2.39. The van der Waals surface area contributed by atoms with Crippen molar-refractivity contribution >= 4 is 24.8 Å². The van der Waals surface area contributed by atoms with Gasteiger partial charge >= 0.3 is 0 Å². The van der Waals surface area contributed by atoms with E-state index in [1.165, 1.54) is 0 Å². The Morgan fingerprint density at radius 2 is 1.78 bits per heavy atom. The third-order valence-corrected chi connectivity index (χ3v) is 2.88. The van der Waals surface area contributed by atoms with Crippen molar-refractivity contribution in [3.8, 4) is 12.3 Å². The van der Waals surface area contributed by atoms with E-state index in [2.05, 4.69) is 22.6 Å². The first-order valence-corrected chi connectivity index (χ1v) is 5.90. The van der Waals surface area contributed by atoms with Crippen LogP contribution in [0.4, 0.5) is 0 Å². The number of hydrogen-bond acceptors (Lipinski definition) is 4. The second-order valence-electron chi connectivity index (χ2n) is 4.11. The number of likely N-dealkylation sites (N-methyl/N-ethyl adjacent to an activating group) is 1. The number of rotatable bonds is 6. The molecule has 0 bridgehead atoms. The number of aliphatic hydroxyl groups excluding tert-OH is 1. The highest BCUT2D eigenvalue weighted by molar-refractivity contribution is 5.85. The maximum Gasteiger partial charge on any atom is 0.107 e. The summed E-state index contributed by atoms with van der Waals surface area (Å²) in [7, 11) is 0. The minimum absolute atomic E-state index is 0. The van der Waals surface area contributed by atoms with E-state index in [1.54, 1.807) is 0 Å². The Balaban J connectivity index is 0. The summed E-state index contributed by atoms with van der Waals surface area (Å²) in [4.78, 5) is 4.69. The fourth-order valence-corrected chi connectivity index (χ4v) is 1.89. The van der Waals surface area contributed by atoms with Crippen LogP contribution in [-0.2, 0) is 4.74 Å². The first-order valence-electron chi connectivity index (χ1n) is 5.90. The van der Waals surface area contributed by atoms with E-state index in [1.807, 2.05) is 0 Å². The van der Waals surface area contributed by atoms with Crippen LogP contribution < -0.4 is 0 Å². The van der Waals surface area contributed by atoms with Crippen molar-refractivity contribution < 1.29 is 9.84 Å². The summed E-state index contributed by atoms with van der Waals surface area (Å²) in [6, 6.07) is 0. The maximum absolute atomic E-state index is 9.70. The molecule has 1 atom stereocenters. The van der Waals surface area contributed by atoms with Crippen molar-refractivity contribution in [2.45, 2.75) is 13.0 Å². The molecule has 18 heavy (non-hydrogen) atoms. The molecule has 4 nitrogen and oxygen atoms in total. The van der Waals surface area contributed by atoms with Gasteiger partial charge in [0.2, 0.25) is 0 Å². The van der Waals surface area contributed by atoms with Crippen molar-refractivity contribution in [1.82, 2.24) is 9.80 Å². The van der Waals surface area contributed by atoms with Gasteiger partial charge in [0.1, 0.15) is 6.61 Å². The van der Waals surface area contributed by atoms with Gasteiger partial charge in [0, 0.05) is 32.7 Å². The number of nitrogens with zero attached hydrogens (tertiary/aromatic N) is 2. The molecule has 0 spiro atoms. The third kappa shape index (κ3) is 8.15. The lowest BCUT2D eigenvalue weighted by atomic mass is 10.2. The molecule has 1 unspecified atom stereocenters. The summed E-state index contributed by atoms with van der Waals surface area (Å²) in [6.45, 7) is 8.82. The van der Waals surface area contributed by atoms with Gasteiger partial charge in [0.15, 0.2) is 0 Å². The largest absolute Gasteiger partial charge is 0.389 e. The van der Waals surface area contributed by atoms with Crippen LogP contribution in [0.2, 0.25) is 0 Å². The number of hydrogen-bond donors (Lipinski definition) is 1. The number of aliphatic hydroxyl groups is 1. The normalized spacial score (nSPS) is 18.3. The molecule has 0 aromatic heterocycles. The summed E-state index contributed by atoms with van der Waals surface area (Å²) >= 11 is 0. The average molecular weight is 299 g/mol. The van der Waals surface area contributed by atoms with E-state index in [4.69, 9.17) is 11.2 Å². The third-order valence-electron chi connectivity index (χ3n) is 2.88. The van der Waals surface area contributed by atoms with Crippen LogP contribution in [0.1, 0.15) is 6.92 Å². The Labute approximate surface area is 122 Å². The Hall–Kier alpha value is -0.0200. The van der Waals surface area contributed by atoms with Crippen molar-refractivity contribution in [2.24, 2.45) is 0 Å². The SMILES string of the molecule is C#CCOCC(O)CN1CCN(CC)CC1.Cl.Cl. The van der Waals surface area contributed by atoms with Crippen LogP contribution in [0, 0.1) is 12.3 Å². The smallest absolute Gasteiger partial charge is 0.107 e. The monoisotopic (exact) mass is 298 g/mol. The number of halogens is 2. The van der Waals surface area contributed by atoms with Crippen molar-refractivity contribution in [3.63, 3.8) is 0 Å². The minimum atomic E-state index is -0.429. The van der Waals surface area contributed by atoms with Crippen molar-refractivity contribution in [1.29, 1.82) is 0 Å². The standard InChI is InChI=1S/C12H22N2O2.2ClH/c1-3-9-16-11-12(15)10-14-7-5-13(4-2)6-8-14;;/h1,12,15H,4-11H2,2H3;2*1H. The molecule has 1 N–H and O–H groups in total. The highest BCUT2D eigenvalue weighted by atomic mass is 35.5. The zero-order valence-corrected chi connectivity index (χ0v) is 12.5. The first kappa shape index (κ1) is 20.3. The molecular formula is C12H24Cl2N2O2. The molecule has 1 fully saturated rings. The average Bonchev–Trinajstić information content (AvgIpc) is 2.30. The maximum atomic E-state index is 9.70. The molecule has 6 heteroatoms. The minimum Gasteiger partial charge on any atom is -0.389 e. The highest BCUT2D eigenvalue weighted by Crippen LogP contribution is 2.02. The van der Waals surface area contributed by atoms with Crippen LogP contribution in [-0.4, -0.2) is 73.5 Å². The molecular weight excluding hydrogens is 275 g/mol. The second-order valence-corrected chi connectivity index (χ2v) is 4.11. The first-order chi connectivity index (χ1) is 7.76. The van der Waals surface area contributed by atoms with E-state index in [0.717, 1.165) is 32.7 Å². The van der Waals surface area contributed by atoms with Gasteiger partial charge in [0.05, 0.1) is 12.7 Å². The highest BCUT2D eigenvalue weighted by Gasteiger charge is 2.17. The molecule has 1 heterocycles. The van der Waals surface area contributed by atoms with E-state index >= 15 is 0 Å². The van der Waals surface area contributed by atoms with Crippen LogP contribution in [0.15, 0.2) is 0 Å². The Kier molecular flexibility index (Phi) is 13.6. The topological polar surface area (TPSA) is 35.9 Å². The van der Waals surface area contributed by atoms with Crippen LogP contribution in [0.5, 0.6) is 0 Å². The molecule has 0 radical (unpaired) electrons. The molecule has 1 aliphatic rings. The van der Waals surface area contributed by atoms with Gasteiger partial charge in [0.25, 0.3) is 0 Å². The molecule has 0 aliphatic carbocycles. The molecule has 0 aromatic carbocycles. The number of terminal acetylenes is 1. The fourth-order valence-electron chi connectivity index (χ4n) is 1.89. The van der Waals surface area contributed by atoms with Crippen molar-refractivity contribution in [3.05, 3.63) is 0 Å².